The van der Waals surface area contributed by atoms with Gasteiger partial charge in [-0.1, -0.05) is 34.6 Å². The zero-order valence-corrected chi connectivity index (χ0v) is 24.0. The topological polar surface area (TPSA) is 82.1 Å². The molecule has 7 atom stereocenters. The van der Waals surface area contributed by atoms with Gasteiger partial charge in [0.25, 0.3) is 0 Å². The molecule has 208 valence electrons. The predicted molar refractivity (Wildman–Crippen MR) is 140 cm³/mol. The second-order valence-electron chi connectivity index (χ2n) is 14.2. The Balaban J connectivity index is 1.42. The first-order valence-corrected chi connectivity index (χ1v) is 14.3. The highest BCUT2D eigenvalue weighted by atomic mass is 16.7. The summed E-state index contributed by atoms with van der Waals surface area (Å²) in [6.45, 7) is 16.7. The molecule has 0 aliphatic heterocycles. The molecule has 0 amide bonds. The van der Waals surface area contributed by atoms with Crippen LogP contribution in [0.1, 0.15) is 107 Å². The van der Waals surface area contributed by atoms with Crippen LogP contribution >= 0.6 is 0 Å². The molecule has 36 heavy (non-hydrogen) atoms. The lowest BCUT2D eigenvalue weighted by Gasteiger charge is -2.37. The van der Waals surface area contributed by atoms with E-state index in [4.69, 9.17) is 14.2 Å². The van der Waals surface area contributed by atoms with E-state index in [2.05, 4.69) is 27.7 Å². The van der Waals surface area contributed by atoms with Gasteiger partial charge in [0.15, 0.2) is 6.79 Å². The normalized spacial score (nSPS) is 34.3. The van der Waals surface area contributed by atoms with Gasteiger partial charge in [-0.15, -0.1) is 0 Å². The predicted octanol–water partition coefficient (Wildman–Crippen LogP) is 6.14. The van der Waals surface area contributed by atoms with Gasteiger partial charge in [0, 0.05) is 0 Å². The molecule has 0 heterocycles. The Morgan fingerprint density at radius 1 is 1.00 bits per heavy atom. The van der Waals surface area contributed by atoms with E-state index in [-0.39, 0.29) is 43.1 Å². The van der Waals surface area contributed by atoms with Crippen molar-refractivity contribution in [1.29, 1.82) is 0 Å². The van der Waals surface area contributed by atoms with Gasteiger partial charge in [-0.05, 0) is 107 Å². The Bertz CT molecular complexity index is 742. The summed E-state index contributed by atoms with van der Waals surface area (Å²) in [5.41, 5.74) is -0.206. The molecular formula is C30H52O6. The second kappa shape index (κ2) is 11.7. The zero-order chi connectivity index (χ0) is 26.8. The third kappa shape index (κ3) is 7.69. The maximum absolute atomic E-state index is 12.7. The van der Waals surface area contributed by atoms with Crippen molar-refractivity contribution in [3.8, 4) is 0 Å². The Labute approximate surface area is 219 Å². The molecule has 0 aromatic carbocycles. The fraction of sp³-hybridized carbons (Fsp3) is 0.933. The van der Waals surface area contributed by atoms with Crippen molar-refractivity contribution in [2.75, 3.05) is 6.79 Å². The monoisotopic (exact) mass is 508 g/mol. The Morgan fingerprint density at radius 2 is 1.64 bits per heavy atom. The smallest absolute Gasteiger partial charge is 0.310 e. The van der Waals surface area contributed by atoms with Crippen molar-refractivity contribution >= 4 is 11.9 Å². The van der Waals surface area contributed by atoms with Crippen LogP contribution in [0.3, 0.4) is 0 Å². The molecule has 2 bridgehead atoms. The number of ether oxygens (including phenoxy) is 3. The third-order valence-electron chi connectivity index (χ3n) is 9.39. The molecular weight excluding hydrogens is 456 g/mol. The third-order valence-corrected chi connectivity index (χ3v) is 9.39. The lowest BCUT2D eigenvalue weighted by atomic mass is 9.69. The van der Waals surface area contributed by atoms with Crippen LogP contribution in [0.25, 0.3) is 0 Å². The summed E-state index contributed by atoms with van der Waals surface area (Å²) >= 11 is 0. The minimum atomic E-state index is -0.686. The van der Waals surface area contributed by atoms with Crippen LogP contribution in [0.5, 0.6) is 0 Å². The summed E-state index contributed by atoms with van der Waals surface area (Å²) in [6, 6.07) is 0. The molecule has 6 heteroatoms. The standard InChI is InChI=1S/C30H52O6/c1-18(28(33)35-17-34-22-11-9-21(10-12-22)29(3,4)5)13-23-19(2)20-14-24(23)25(15-20)26(31)16-27(32)36-30(6,7)8/h18-26,31H,9-17H2,1-8H3. The average Bonchev–Trinajstić information content (AvgIpc) is 3.31. The number of esters is 2. The fourth-order valence-corrected chi connectivity index (χ4v) is 7.27. The van der Waals surface area contributed by atoms with Gasteiger partial charge in [0.1, 0.15) is 5.60 Å². The molecule has 0 radical (unpaired) electrons. The van der Waals surface area contributed by atoms with Gasteiger partial charge >= 0.3 is 11.9 Å². The maximum atomic E-state index is 12.7. The van der Waals surface area contributed by atoms with E-state index in [1.54, 1.807) is 0 Å². The summed E-state index contributed by atoms with van der Waals surface area (Å²) in [6.07, 6.45) is 6.73. The molecule has 0 aromatic rings. The quantitative estimate of drug-likeness (QED) is 0.298. The molecule has 3 saturated carbocycles. The highest BCUT2D eigenvalue weighted by molar-refractivity contribution is 5.72. The lowest BCUT2D eigenvalue weighted by Crippen LogP contribution is -2.37. The average molecular weight is 509 g/mol. The summed E-state index contributed by atoms with van der Waals surface area (Å²) in [4.78, 5) is 25.0. The van der Waals surface area contributed by atoms with E-state index in [1.165, 1.54) is 12.8 Å². The molecule has 3 aliphatic carbocycles. The fourth-order valence-electron chi connectivity index (χ4n) is 7.27. The van der Waals surface area contributed by atoms with Gasteiger partial charge in [0.2, 0.25) is 0 Å². The van der Waals surface area contributed by atoms with Crippen LogP contribution in [0.2, 0.25) is 0 Å². The molecule has 1 N–H and O–H groups in total. The Hall–Kier alpha value is -1.14. The first kappa shape index (κ1) is 29.4. The minimum absolute atomic E-state index is 0.0392. The van der Waals surface area contributed by atoms with Crippen molar-refractivity contribution in [3.63, 3.8) is 0 Å². The molecule has 3 fully saturated rings. The van der Waals surface area contributed by atoms with Crippen LogP contribution < -0.4 is 0 Å². The summed E-state index contributed by atoms with van der Waals surface area (Å²) in [7, 11) is 0. The SMILES string of the molecule is CC(CC1C(C)C2CC(C(O)CC(=O)OC(C)(C)C)C1C2)C(=O)OCOC1CCC(C(C)(C)C)CC1. The van der Waals surface area contributed by atoms with Crippen molar-refractivity contribution in [2.45, 2.75) is 125 Å². The Kier molecular flexibility index (Phi) is 9.57. The van der Waals surface area contributed by atoms with E-state index in [0.717, 1.165) is 38.0 Å². The van der Waals surface area contributed by atoms with Crippen LogP contribution in [0.4, 0.5) is 0 Å². The number of carbonyl (C=O) groups is 2. The number of carbonyl (C=O) groups excluding carboxylic acids is 2. The Morgan fingerprint density at radius 3 is 2.19 bits per heavy atom. The van der Waals surface area contributed by atoms with E-state index < -0.39 is 11.7 Å². The molecule has 6 nitrogen and oxygen atoms in total. The molecule has 7 unspecified atom stereocenters. The highest BCUT2D eigenvalue weighted by Crippen LogP contribution is 2.58. The van der Waals surface area contributed by atoms with Gasteiger partial charge in [-0.3, -0.25) is 9.59 Å². The van der Waals surface area contributed by atoms with Crippen molar-refractivity contribution in [2.24, 2.45) is 46.8 Å². The van der Waals surface area contributed by atoms with Crippen LogP contribution in [0, 0.1) is 46.8 Å². The number of hydrogen-bond donors (Lipinski definition) is 1. The second-order valence-corrected chi connectivity index (χ2v) is 14.2. The number of aliphatic hydroxyl groups is 1. The highest BCUT2D eigenvalue weighted by Gasteiger charge is 2.53. The number of hydrogen-bond acceptors (Lipinski definition) is 6. The summed E-state index contributed by atoms with van der Waals surface area (Å²) < 4.78 is 16.9. The maximum Gasteiger partial charge on any atom is 0.310 e. The number of rotatable bonds is 9. The summed E-state index contributed by atoms with van der Waals surface area (Å²) in [5.74, 6) is 1.85. The minimum Gasteiger partial charge on any atom is -0.460 e. The van der Waals surface area contributed by atoms with Crippen LogP contribution in [-0.2, 0) is 23.8 Å². The van der Waals surface area contributed by atoms with E-state index in [0.29, 0.717) is 29.1 Å². The van der Waals surface area contributed by atoms with E-state index in [9.17, 15) is 14.7 Å². The van der Waals surface area contributed by atoms with Crippen molar-refractivity contribution < 1.29 is 28.9 Å². The van der Waals surface area contributed by atoms with Crippen LogP contribution in [-0.4, -0.2) is 41.6 Å². The molecule has 3 aliphatic rings. The molecule has 0 aromatic heterocycles. The van der Waals surface area contributed by atoms with Gasteiger partial charge in [0.05, 0.1) is 24.5 Å². The van der Waals surface area contributed by atoms with E-state index >= 15 is 0 Å². The van der Waals surface area contributed by atoms with Crippen LogP contribution in [0.15, 0.2) is 0 Å². The summed E-state index contributed by atoms with van der Waals surface area (Å²) in [5, 5.41) is 10.9. The first-order valence-electron chi connectivity index (χ1n) is 14.3. The molecule has 0 spiro atoms. The molecule has 3 rings (SSSR count). The van der Waals surface area contributed by atoms with Gasteiger partial charge in [-0.25, -0.2) is 0 Å². The lowest BCUT2D eigenvalue weighted by molar-refractivity contribution is -0.168. The van der Waals surface area contributed by atoms with Gasteiger partial charge in [-0.2, -0.15) is 0 Å². The number of fused-ring (bicyclic) bond motifs is 2. The zero-order valence-electron chi connectivity index (χ0n) is 24.0. The molecule has 0 saturated heterocycles. The van der Waals surface area contributed by atoms with Gasteiger partial charge < -0.3 is 19.3 Å². The number of aliphatic hydroxyl groups excluding tert-OH is 1. The van der Waals surface area contributed by atoms with Crippen molar-refractivity contribution in [1.82, 2.24) is 0 Å². The largest absolute Gasteiger partial charge is 0.460 e. The van der Waals surface area contributed by atoms with E-state index in [1.807, 2.05) is 27.7 Å². The first-order chi connectivity index (χ1) is 16.7. The van der Waals surface area contributed by atoms with Crippen molar-refractivity contribution in [3.05, 3.63) is 0 Å².